The van der Waals surface area contributed by atoms with Gasteiger partial charge >= 0.3 is 0 Å². The van der Waals surface area contributed by atoms with Crippen molar-refractivity contribution in [1.82, 2.24) is 4.90 Å². The Labute approximate surface area is 206 Å². The number of amides is 1. The van der Waals surface area contributed by atoms with E-state index in [-0.39, 0.29) is 11.7 Å². The summed E-state index contributed by atoms with van der Waals surface area (Å²) in [5.41, 5.74) is 3.46. The highest BCUT2D eigenvalue weighted by molar-refractivity contribution is 6.02. The molecule has 0 unspecified atom stereocenters. The number of methoxy groups -OCH3 is 1. The number of hydrogen-bond donors (Lipinski definition) is 2. The number of benzene rings is 3. The first-order valence-corrected chi connectivity index (χ1v) is 11.6. The summed E-state index contributed by atoms with van der Waals surface area (Å²) in [6.07, 6.45) is 3.06. The maximum absolute atomic E-state index is 12.5. The lowest BCUT2D eigenvalue weighted by molar-refractivity contribution is -0.111. The third-order valence-corrected chi connectivity index (χ3v) is 6.00. The van der Waals surface area contributed by atoms with Gasteiger partial charge in [-0.1, -0.05) is 24.3 Å². The maximum Gasteiger partial charge on any atom is 0.248 e. The number of likely N-dealkylation sites (N-methyl/N-ethyl adjacent to an activating group) is 1. The molecule has 0 bridgehead atoms. The van der Waals surface area contributed by atoms with Gasteiger partial charge in [0.05, 0.1) is 7.11 Å². The van der Waals surface area contributed by atoms with Crippen LogP contribution >= 0.6 is 0 Å². The molecule has 0 aromatic heterocycles. The number of phenols is 1. The third kappa shape index (κ3) is 6.55. The van der Waals surface area contributed by atoms with Gasteiger partial charge in [0.1, 0.15) is 12.4 Å². The standard InChI is InChI=1S/C28H31N3O4/c1-30-15-17-31(18-16-30)23-9-11-24(12-10-23)35-20-22-5-3-4-6-25(22)29-28(33)14-8-21-7-13-27(34-2)26(32)19-21/h3-14,19,32H,15-18,20H2,1-2H3,(H,29,33)/b14-8+. The number of anilines is 2. The second kappa shape index (κ2) is 11.4. The Morgan fingerprint density at radius 2 is 1.77 bits per heavy atom. The molecule has 3 aromatic carbocycles. The zero-order valence-electron chi connectivity index (χ0n) is 20.1. The van der Waals surface area contributed by atoms with Crippen molar-refractivity contribution in [3.05, 3.63) is 83.9 Å². The second-order valence-electron chi connectivity index (χ2n) is 8.48. The lowest BCUT2D eigenvalue weighted by Gasteiger charge is -2.34. The van der Waals surface area contributed by atoms with Gasteiger partial charge in [-0.3, -0.25) is 4.79 Å². The number of carbonyl (C=O) groups is 1. The number of carbonyl (C=O) groups excluding carboxylic acids is 1. The van der Waals surface area contributed by atoms with Crippen molar-refractivity contribution in [2.45, 2.75) is 6.61 Å². The van der Waals surface area contributed by atoms with Crippen LogP contribution in [-0.4, -0.2) is 56.3 Å². The largest absolute Gasteiger partial charge is 0.504 e. The van der Waals surface area contributed by atoms with Crippen molar-refractivity contribution in [2.24, 2.45) is 0 Å². The number of nitrogens with zero attached hydrogens (tertiary/aromatic N) is 2. The SMILES string of the molecule is COc1ccc(/C=C/C(=O)Nc2ccccc2COc2ccc(N3CCN(C)CC3)cc2)cc1O. The van der Waals surface area contributed by atoms with Crippen LogP contribution in [0.25, 0.3) is 6.08 Å². The molecule has 1 amide bonds. The highest BCUT2D eigenvalue weighted by Gasteiger charge is 2.14. The number of piperazine rings is 1. The molecule has 4 rings (SSSR count). The van der Waals surface area contributed by atoms with Crippen molar-refractivity contribution in [2.75, 3.05) is 50.6 Å². The lowest BCUT2D eigenvalue weighted by Crippen LogP contribution is -2.44. The second-order valence-corrected chi connectivity index (χ2v) is 8.48. The van der Waals surface area contributed by atoms with E-state index < -0.39 is 0 Å². The Hall–Kier alpha value is -3.97. The Kier molecular flexibility index (Phi) is 7.90. The summed E-state index contributed by atoms with van der Waals surface area (Å²) in [4.78, 5) is 17.2. The van der Waals surface area contributed by atoms with Gasteiger partial charge in [-0.2, -0.15) is 0 Å². The molecule has 3 aromatic rings. The first kappa shape index (κ1) is 24.2. The van der Waals surface area contributed by atoms with Crippen LogP contribution < -0.4 is 19.7 Å². The predicted octanol–water partition coefficient (Wildman–Crippen LogP) is 4.38. The van der Waals surface area contributed by atoms with E-state index in [2.05, 4.69) is 34.3 Å². The predicted molar refractivity (Wildman–Crippen MR) is 139 cm³/mol. The quantitative estimate of drug-likeness (QED) is 0.473. The summed E-state index contributed by atoms with van der Waals surface area (Å²) in [5.74, 6) is 0.913. The van der Waals surface area contributed by atoms with Crippen LogP contribution in [0.1, 0.15) is 11.1 Å². The van der Waals surface area contributed by atoms with Crippen LogP contribution in [-0.2, 0) is 11.4 Å². The van der Waals surface area contributed by atoms with Gasteiger partial charge in [0.25, 0.3) is 0 Å². The van der Waals surface area contributed by atoms with Gasteiger partial charge in [-0.25, -0.2) is 0 Å². The van der Waals surface area contributed by atoms with Crippen molar-refractivity contribution >= 4 is 23.4 Å². The summed E-state index contributed by atoms with van der Waals surface area (Å²) in [5, 5.41) is 12.8. The van der Waals surface area contributed by atoms with E-state index in [0.29, 0.717) is 23.6 Å². The number of ether oxygens (including phenoxy) is 2. The summed E-state index contributed by atoms with van der Waals surface area (Å²) in [6, 6.07) is 20.7. The number of rotatable bonds is 8. The van der Waals surface area contributed by atoms with Crippen LogP contribution in [0.3, 0.4) is 0 Å². The van der Waals surface area contributed by atoms with E-state index in [9.17, 15) is 9.90 Å². The van der Waals surface area contributed by atoms with E-state index >= 15 is 0 Å². The fourth-order valence-corrected chi connectivity index (χ4v) is 3.90. The molecule has 35 heavy (non-hydrogen) atoms. The number of phenolic OH excluding ortho intramolecular Hbond substituents is 1. The van der Waals surface area contributed by atoms with Crippen LogP contribution in [0.2, 0.25) is 0 Å². The molecule has 2 N–H and O–H groups in total. The third-order valence-electron chi connectivity index (χ3n) is 6.00. The highest BCUT2D eigenvalue weighted by Crippen LogP contribution is 2.27. The van der Waals surface area contributed by atoms with Crippen molar-refractivity contribution < 1.29 is 19.4 Å². The van der Waals surface area contributed by atoms with Gasteiger partial charge in [0, 0.05) is 49.2 Å². The van der Waals surface area contributed by atoms with Crippen LogP contribution in [0, 0.1) is 0 Å². The Balaban J connectivity index is 1.34. The fourth-order valence-electron chi connectivity index (χ4n) is 3.90. The normalized spacial score (nSPS) is 14.2. The molecule has 7 heteroatoms. The van der Waals surface area contributed by atoms with Crippen LogP contribution in [0.5, 0.6) is 17.2 Å². The molecule has 1 fully saturated rings. The molecule has 0 radical (unpaired) electrons. The van der Waals surface area contributed by atoms with Crippen LogP contribution in [0.4, 0.5) is 11.4 Å². The van der Waals surface area contributed by atoms with E-state index in [0.717, 1.165) is 37.5 Å². The Bertz CT molecular complexity index is 1170. The molecule has 1 aliphatic rings. The smallest absolute Gasteiger partial charge is 0.248 e. The summed E-state index contributed by atoms with van der Waals surface area (Å²) >= 11 is 0. The topological polar surface area (TPSA) is 74.3 Å². The Morgan fingerprint density at radius 1 is 1.03 bits per heavy atom. The van der Waals surface area contributed by atoms with Gasteiger partial charge in [0.15, 0.2) is 11.5 Å². The van der Waals surface area contributed by atoms with Gasteiger partial charge < -0.3 is 29.7 Å². The van der Waals surface area contributed by atoms with E-state index in [1.54, 1.807) is 24.3 Å². The minimum atomic E-state index is -0.274. The molecular weight excluding hydrogens is 442 g/mol. The molecule has 182 valence electrons. The minimum Gasteiger partial charge on any atom is -0.504 e. The zero-order chi connectivity index (χ0) is 24.6. The van der Waals surface area contributed by atoms with E-state index in [1.165, 1.54) is 18.9 Å². The molecule has 0 spiro atoms. The number of hydrogen-bond acceptors (Lipinski definition) is 6. The molecular formula is C28H31N3O4. The minimum absolute atomic E-state index is 0.0223. The summed E-state index contributed by atoms with van der Waals surface area (Å²) in [6.45, 7) is 4.52. The highest BCUT2D eigenvalue weighted by atomic mass is 16.5. The van der Waals surface area contributed by atoms with Gasteiger partial charge in [0.2, 0.25) is 5.91 Å². The van der Waals surface area contributed by atoms with Crippen LogP contribution in [0.15, 0.2) is 72.8 Å². The zero-order valence-corrected chi connectivity index (χ0v) is 20.1. The van der Waals surface area contributed by atoms with Crippen molar-refractivity contribution in [1.29, 1.82) is 0 Å². The summed E-state index contributed by atoms with van der Waals surface area (Å²) < 4.78 is 11.0. The molecule has 1 aliphatic heterocycles. The molecule has 0 atom stereocenters. The number of para-hydroxylation sites is 1. The van der Waals surface area contributed by atoms with Crippen molar-refractivity contribution in [3.63, 3.8) is 0 Å². The molecule has 1 saturated heterocycles. The molecule has 0 saturated carbocycles. The summed E-state index contributed by atoms with van der Waals surface area (Å²) in [7, 11) is 3.64. The lowest BCUT2D eigenvalue weighted by atomic mass is 10.1. The van der Waals surface area contributed by atoms with E-state index in [4.69, 9.17) is 9.47 Å². The fraction of sp³-hybridized carbons (Fsp3) is 0.250. The van der Waals surface area contributed by atoms with Gasteiger partial charge in [-0.15, -0.1) is 0 Å². The molecule has 0 aliphatic carbocycles. The average Bonchev–Trinajstić information content (AvgIpc) is 2.88. The number of nitrogens with one attached hydrogen (secondary N) is 1. The monoisotopic (exact) mass is 473 g/mol. The van der Waals surface area contributed by atoms with Crippen molar-refractivity contribution in [3.8, 4) is 17.2 Å². The van der Waals surface area contributed by atoms with Gasteiger partial charge in [-0.05, 0) is 61.2 Å². The van der Waals surface area contributed by atoms with E-state index in [1.807, 2.05) is 36.4 Å². The first-order chi connectivity index (χ1) is 17.0. The molecule has 7 nitrogen and oxygen atoms in total. The molecule has 1 heterocycles. The Morgan fingerprint density at radius 3 is 2.49 bits per heavy atom. The number of aromatic hydroxyl groups is 1. The average molecular weight is 474 g/mol. The maximum atomic E-state index is 12.5. The first-order valence-electron chi connectivity index (χ1n) is 11.6.